The molecule has 2 saturated heterocycles. The topological polar surface area (TPSA) is 119 Å². The molecule has 1 saturated carbocycles. The lowest BCUT2D eigenvalue weighted by Crippen LogP contribution is -2.54. The number of morpholine rings is 1. The van der Waals surface area contributed by atoms with Crippen molar-refractivity contribution in [2.45, 2.75) is 70.4 Å². The molecular weight excluding hydrogens is 436 g/mol. The number of nitriles is 1. The van der Waals surface area contributed by atoms with Crippen molar-refractivity contribution in [1.29, 1.82) is 5.26 Å². The fourth-order valence-corrected chi connectivity index (χ4v) is 5.03. The van der Waals surface area contributed by atoms with Gasteiger partial charge in [0, 0.05) is 26.2 Å². The van der Waals surface area contributed by atoms with Crippen molar-refractivity contribution >= 4 is 18.0 Å². The van der Waals surface area contributed by atoms with Gasteiger partial charge in [0.2, 0.25) is 11.9 Å². The molecule has 2 heterocycles. The molecule has 2 N–H and O–H groups in total. The first-order chi connectivity index (χ1) is 16.5. The molecule has 10 nitrogen and oxygen atoms in total. The first-order valence-corrected chi connectivity index (χ1v) is 12.8. The number of nitrogens with one attached hydrogen (secondary N) is 2. The van der Waals surface area contributed by atoms with Crippen LogP contribution in [0.4, 0.5) is 4.79 Å². The molecule has 3 aliphatic rings. The van der Waals surface area contributed by atoms with Crippen molar-refractivity contribution in [1.82, 2.24) is 20.4 Å². The van der Waals surface area contributed by atoms with Crippen molar-refractivity contribution in [2.75, 3.05) is 52.5 Å². The highest BCUT2D eigenvalue weighted by atomic mass is 16.5. The summed E-state index contributed by atoms with van der Waals surface area (Å²) in [5, 5.41) is 15.7. The van der Waals surface area contributed by atoms with Gasteiger partial charge in [0.1, 0.15) is 11.6 Å². The molecule has 10 heteroatoms. The highest BCUT2D eigenvalue weighted by molar-refractivity contribution is 5.96. The van der Waals surface area contributed by atoms with Crippen molar-refractivity contribution < 1.29 is 19.1 Å². The summed E-state index contributed by atoms with van der Waals surface area (Å²) in [6, 6.07) is 1.67. The lowest BCUT2D eigenvalue weighted by atomic mass is 9.84. The smallest absolute Gasteiger partial charge is 0.413 e. The second kappa shape index (κ2) is 12.9. The number of alkyl carbamates (subject to hydrolysis) is 1. The van der Waals surface area contributed by atoms with E-state index in [1.165, 1.54) is 6.42 Å². The van der Waals surface area contributed by atoms with E-state index in [1.54, 1.807) is 6.92 Å². The van der Waals surface area contributed by atoms with Gasteiger partial charge < -0.3 is 24.6 Å². The number of likely N-dealkylation sites (tertiary alicyclic amines) is 1. The number of aliphatic imine (C=N–C) groups is 1. The minimum absolute atomic E-state index is 0.243. The average molecular weight is 477 g/mol. The summed E-state index contributed by atoms with van der Waals surface area (Å²) in [6.45, 7) is 8.36. The van der Waals surface area contributed by atoms with Crippen LogP contribution in [0, 0.1) is 17.2 Å². The van der Waals surface area contributed by atoms with Gasteiger partial charge in [-0.05, 0) is 32.2 Å². The number of guanidine groups is 1. The summed E-state index contributed by atoms with van der Waals surface area (Å²) >= 11 is 0. The van der Waals surface area contributed by atoms with E-state index >= 15 is 0 Å². The number of carbonyl (C=O) groups is 2. The third-order valence-corrected chi connectivity index (χ3v) is 7.03. The van der Waals surface area contributed by atoms with E-state index in [-0.39, 0.29) is 12.5 Å². The molecule has 3 rings (SSSR count). The first kappa shape index (κ1) is 26.2. The average Bonchev–Trinajstić information content (AvgIpc) is 3.28. The summed E-state index contributed by atoms with van der Waals surface area (Å²) < 4.78 is 10.5. The molecule has 2 aliphatic heterocycles. The lowest BCUT2D eigenvalue weighted by molar-refractivity contribution is -0.124. The van der Waals surface area contributed by atoms with Crippen LogP contribution in [0.15, 0.2) is 4.99 Å². The molecule has 2 unspecified atom stereocenters. The highest BCUT2D eigenvalue weighted by Gasteiger charge is 2.41. The number of nitrogens with zero attached hydrogens (tertiary/aromatic N) is 4. The molecule has 1 aliphatic carbocycles. The van der Waals surface area contributed by atoms with E-state index in [9.17, 15) is 14.9 Å². The Morgan fingerprint density at radius 1 is 1.21 bits per heavy atom. The molecule has 190 valence electrons. The molecule has 2 amide bonds. The molecule has 2 atom stereocenters. The molecular formula is C24H40N6O4. The lowest BCUT2D eigenvalue weighted by Gasteiger charge is -2.32. The minimum atomic E-state index is -0.902. The SMILES string of the molecule is CCOC(=O)NC(=NC(CC1CCCCC1)C(=O)NC1(C#N)CCN(CC)C1)N1CCOCC1. The predicted octanol–water partition coefficient (Wildman–Crippen LogP) is 1.86. The van der Waals surface area contributed by atoms with Gasteiger partial charge in [-0.15, -0.1) is 0 Å². The van der Waals surface area contributed by atoms with E-state index in [0.29, 0.717) is 57.6 Å². The van der Waals surface area contributed by atoms with Crippen molar-refractivity contribution in [3.63, 3.8) is 0 Å². The third kappa shape index (κ3) is 7.31. The summed E-state index contributed by atoms with van der Waals surface area (Å²) in [7, 11) is 0. The van der Waals surface area contributed by atoms with Crippen molar-refractivity contribution in [3.05, 3.63) is 0 Å². The van der Waals surface area contributed by atoms with Gasteiger partial charge in [-0.1, -0.05) is 39.0 Å². The Bertz CT molecular complexity index is 757. The summed E-state index contributed by atoms with van der Waals surface area (Å²) in [5.41, 5.74) is -0.902. The third-order valence-electron chi connectivity index (χ3n) is 7.03. The van der Waals surface area contributed by atoms with Crippen LogP contribution in [0.1, 0.15) is 58.8 Å². The molecule has 34 heavy (non-hydrogen) atoms. The Balaban J connectivity index is 1.83. The monoisotopic (exact) mass is 476 g/mol. The van der Waals surface area contributed by atoms with Gasteiger partial charge in [-0.3, -0.25) is 10.1 Å². The van der Waals surface area contributed by atoms with Gasteiger partial charge in [0.05, 0.1) is 25.9 Å². The van der Waals surface area contributed by atoms with Gasteiger partial charge in [-0.2, -0.15) is 5.26 Å². The highest BCUT2D eigenvalue weighted by Crippen LogP contribution is 2.29. The standard InChI is InChI=1S/C24H40N6O4/c1-3-29-11-10-24(17-25,18-29)28-21(31)20(16-19-8-6-5-7-9-19)26-22(27-23(32)34-4-2)30-12-14-33-15-13-30/h19-20H,3-16,18H2,1-2H3,(H,28,31)(H,26,27,32). The molecule has 0 spiro atoms. The van der Waals surface area contributed by atoms with Gasteiger partial charge in [-0.25, -0.2) is 9.79 Å². The summed E-state index contributed by atoms with van der Waals surface area (Å²) in [5.74, 6) is 0.488. The van der Waals surface area contributed by atoms with E-state index in [2.05, 4.69) is 28.5 Å². The van der Waals surface area contributed by atoms with Crippen LogP contribution in [0.2, 0.25) is 0 Å². The number of carbonyl (C=O) groups excluding carboxylic acids is 2. The molecule has 0 aromatic carbocycles. The van der Waals surface area contributed by atoms with E-state index < -0.39 is 17.7 Å². The fraction of sp³-hybridized carbons (Fsp3) is 0.833. The molecule has 0 radical (unpaired) electrons. The maximum atomic E-state index is 13.6. The summed E-state index contributed by atoms with van der Waals surface area (Å²) in [4.78, 5) is 34.7. The van der Waals surface area contributed by atoms with Crippen LogP contribution < -0.4 is 10.6 Å². The molecule has 0 aromatic heterocycles. The number of hydrogen-bond donors (Lipinski definition) is 2. The Hall–Kier alpha value is -2.38. The maximum Gasteiger partial charge on any atom is 0.413 e. The Morgan fingerprint density at radius 3 is 2.56 bits per heavy atom. The number of ether oxygens (including phenoxy) is 2. The number of likely N-dealkylation sites (N-methyl/N-ethyl adjacent to an activating group) is 1. The van der Waals surface area contributed by atoms with Gasteiger partial charge in [0.15, 0.2) is 0 Å². The largest absolute Gasteiger partial charge is 0.450 e. The van der Waals surface area contributed by atoms with Crippen molar-refractivity contribution in [3.8, 4) is 6.07 Å². The second-order valence-corrected chi connectivity index (χ2v) is 9.46. The van der Waals surface area contributed by atoms with Crippen LogP contribution in [0.5, 0.6) is 0 Å². The maximum absolute atomic E-state index is 13.6. The van der Waals surface area contributed by atoms with E-state index in [0.717, 1.165) is 38.8 Å². The van der Waals surface area contributed by atoms with E-state index in [4.69, 9.17) is 14.5 Å². The molecule has 0 bridgehead atoms. The zero-order valence-corrected chi connectivity index (χ0v) is 20.7. The van der Waals surface area contributed by atoms with E-state index in [1.807, 2.05) is 4.90 Å². The zero-order chi connectivity index (χ0) is 24.4. The normalized spacial score (nSPS) is 25.4. The van der Waals surface area contributed by atoms with Crippen LogP contribution in [0.3, 0.4) is 0 Å². The van der Waals surface area contributed by atoms with Gasteiger partial charge >= 0.3 is 6.09 Å². The molecule has 3 fully saturated rings. The second-order valence-electron chi connectivity index (χ2n) is 9.46. The minimum Gasteiger partial charge on any atom is -0.450 e. The summed E-state index contributed by atoms with van der Waals surface area (Å²) in [6.07, 6.45) is 6.30. The fourth-order valence-electron chi connectivity index (χ4n) is 5.03. The van der Waals surface area contributed by atoms with Crippen LogP contribution in [0.25, 0.3) is 0 Å². The molecule has 0 aromatic rings. The first-order valence-electron chi connectivity index (χ1n) is 12.8. The quantitative estimate of drug-likeness (QED) is 0.425. The number of rotatable bonds is 7. The number of amides is 2. The van der Waals surface area contributed by atoms with Gasteiger partial charge in [0.25, 0.3) is 0 Å². The van der Waals surface area contributed by atoms with Crippen LogP contribution in [-0.4, -0.2) is 91.9 Å². The Labute approximate surface area is 203 Å². The Morgan fingerprint density at radius 2 is 1.94 bits per heavy atom. The predicted molar refractivity (Wildman–Crippen MR) is 128 cm³/mol. The Kier molecular flexibility index (Phi) is 9.96. The zero-order valence-electron chi connectivity index (χ0n) is 20.7. The number of hydrogen-bond acceptors (Lipinski definition) is 7. The van der Waals surface area contributed by atoms with Crippen LogP contribution in [-0.2, 0) is 14.3 Å². The van der Waals surface area contributed by atoms with Crippen molar-refractivity contribution in [2.24, 2.45) is 10.9 Å². The van der Waals surface area contributed by atoms with Crippen LogP contribution >= 0.6 is 0 Å².